The van der Waals surface area contributed by atoms with Crippen LogP contribution in [-0.2, 0) is 0 Å². The van der Waals surface area contributed by atoms with Crippen LogP contribution in [0.2, 0.25) is 0 Å². The van der Waals surface area contributed by atoms with Crippen molar-refractivity contribution < 1.29 is 5.11 Å². The van der Waals surface area contributed by atoms with E-state index in [1.165, 1.54) is 26.1 Å². The fraction of sp³-hybridized carbons (Fsp3) is 1.00. The lowest BCUT2D eigenvalue weighted by atomic mass is 9.83. The van der Waals surface area contributed by atoms with Crippen LogP contribution in [0.15, 0.2) is 0 Å². The van der Waals surface area contributed by atoms with Crippen molar-refractivity contribution in [3.05, 3.63) is 0 Å². The third-order valence-electron chi connectivity index (χ3n) is 2.82. The second-order valence-corrected chi connectivity index (χ2v) is 5.79. The summed E-state index contributed by atoms with van der Waals surface area (Å²) in [6.45, 7) is 23.5. The largest absolute Gasteiger partial charge is 0.400 e. The quantitative estimate of drug-likeness (QED) is 0.830. The SMILES string of the molecule is CC.CC.CC(C)CC(C)(C)CN1CCNCC1.CO. The second kappa shape index (κ2) is 16.9. The molecule has 0 spiro atoms. The number of hydrogen-bond donors (Lipinski definition) is 2. The highest BCUT2D eigenvalue weighted by Gasteiger charge is 2.23. The molecule has 1 fully saturated rings. The van der Waals surface area contributed by atoms with Crippen LogP contribution >= 0.6 is 0 Å². The highest BCUT2D eigenvalue weighted by molar-refractivity contribution is 4.78. The monoisotopic (exact) mass is 290 g/mol. The van der Waals surface area contributed by atoms with Gasteiger partial charge in [0.1, 0.15) is 0 Å². The van der Waals surface area contributed by atoms with Crippen LogP contribution in [0.25, 0.3) is 0 Å². The topological polar surface area (TPSA) is 35.5 Å². The maximum atomic E-state index is 7.00. The Hall–Kier alpha value is -0.120. The van der Waals surface area contributed by atoms with Crippen molar-refractivity contribution in [2.45, 2.75) is 61.8 Å². The Kier molecular flexibility index (Phi) is 21.1. The number of nitrogens with one attached hydrogen (secondary N) is 1. The molecule has 0 saturated carbocycles. The van der Waals surface area contributed by atoms with Crippen molar-refractivity contribution >= 4 is 0 Å². The lowest BCUT2D eigenvalue weighted by molar-refractivity contribution is 0.142. The van der Waals surface area contributed by atoms with Crippen LogP contribution in [0.4, 0.5) is 0 Å². The van der Waals surface area contributed by atoms with Gasteiger partial charge in [-0.25, -0.2) is 0 Å². The van der Waals surface area contributed by atoms with Gasteiger partial charge in [0.2, 0.25) is 0 Å². The Morgan fingerprint density at radius 3 is 1.75 bits per heavy atom. The van der Waals surface area contributed by atoms with Gasteiger partial charge in [0.25, 0.3) is 0 Å². The Morgan fingerprint density at radius 2 is 1.40 bits per heavy atom. The number of aliphatic hydroxyl groups is 1. The first-order chi connectivity index (χ1) is 9.49. The van der Waals surface area contributed by atoms with Crippen molar-refractivity contribution in [2.24, 2.45) is 11.3 Å². The first-order valence-corrected chi connectivity index (χ1v) is 8.37. The normalized spacial score (nSPS) is 15.2. The van der Waals surface area contributed by atoms with Gasteiger partial charge in [-0.15, -0.1) is 0 Å². The maximum absolute atomic E-state index is 7.00. The molecule has 0 amide bonds. The molecular formula is C17H42N2O. The summed E-state index contributed by atoms with van der Waals surface area (Å²) in [6.07, 6.45) is 1.33. The molecule has 0 aromatic carbocycles. The zero-order chi connectivity index (χ0) is 16.6. The van der Waals surface area contributed by atoms with E-state index in [4.69, 9.17) is 5.11 Å². The Balaban J connectivity index is -0.000000425. The Bertz CT molecular complexity index is 164. The van der Waals surface area contributed by atoms with Gasteiger partial charge in [-0.1, -0.05) is 55.4 Å². The molecule has 1 heterocycles. The van der Waals surface area contributed by atoms with E-state index in [1.54, 1.807) is 0 Å². The fourth-order valence-electron chi connectivity index (χ4n) is 2.64. The first-order valence-electron chi connectivity index (χ1n) is 8.37. The number of rotatable bonds is 4. The molecule has 0 atom stereocenters. The summed E-state index contributed by atoms with van der Waals surface area (Å²) >= 11 is 0. The van der Waals surface area contributed by atoms with Crippen molar-refractivity contribution in [1.29, 1.82) is 0 Å². The molecule has 3 nitrogen and oxygen atoms in total. The van der Waals surface area contributed by atoms with Crippen molar-refractivity contribution in [2.75, 3.05) is 39.8 Å². The minimum atomic E-state index is 0.478. The van der Waals surface area contributed by atoms with Crippen molar-refractivity contribution in [3.8, 4) is 0 Å². The molecule has 0 aromatic rings. The predicted octanol–water partition coefficient (Wildman–Crippen LogP) is 3.62. The molecule has 1 aliphatic rings. The van der Waals surface area contributed by atoms with Gasteiger partial charge in [0, 0.05) is 39.8 Å². The number of nitrogens with zero attached hydrogens (tertiary/aromatic N) is 1. The maximum Gasteiger partial charge on any atom is 0.0319 e. The Labute approximate surface area is 129 Å². The van der Waals surface area contributed by atoms with Gasteiger partial charge in [0.05, 0.1) is 0 Å². The molecule has 0 radical (unpaired) electrons. The molecule has 3 heteroatoms. The van der Waals surface area contributed by atoms with Gasteiger partial charge < -0.3 is 15.3 Å². The minimum Gasteiger partial charge on any atom is -0.400 e. The van der Waals surface area contributed by atoms with Crippen LogP contribution in [0.1, 0.15) is 61.8 Å². The van der Waals surface area contributed by atoms with Gasteiger partial charge in [-0.2, -0.15) is 0 Å². The summed E-state index contributed by atoms with van der Waals surface area (Å²) in [5, 5.41) is 10.4. The second-order valence-electron chi connectivity index (χ2n) is 5.79. The lowest BCUT2D eigenvalue weighted by Gasteiger charge is -2.36. The van der Waals surface area contributed by atoms with E-state index in [-0.39, 0.29) is 0 Å². The number of aliphatic hydroxyl groups excluding tert-OH is 1. The van der Waals surface area contributed by atoms with Crippen LogP contribution in [0.3, 0.4) is 0 Å². The molecule has 0 bridgehead atoms. The summed E-state index contributed by atoms with van der Waals surface area (Å²) in [5.41, 5.74) is 0.478. The first kappa shape index (κ1) is 24.9. The molecule has 126 valence electrons. The average molecular weight is 291 g/mol. The average Bonchev–Trinajstić information content (AvgIpc) is 2.44. The van der Waals surface area contributed by atoms with Crippen LogP contribution < -0.4 is 5.32 Å². The van der Waals surface area contributed by atoms with Gasteiger partial charge in [0.15, 0.2) is 0 Å². The highest BCUT2D eigenvalue weighted by atomic mass is 16.2. The van der Waals surface area contributed by atoms with E-state index in [9.17, 15) is 0 Å². The molecule has 0 unspecified atom stereocenters. The zero-order valence-corrected chi connectivity index (χ0v) is 15.7. The van der Waals surface area contributed by atoms with E-state index in [0.29, 0.717) is 5.41 Å². The molecular weight excluding hydrogens is 248 g/mol. The third kappa shape index (κ3) is 15.9. The smallest absolute Gasteiger partial charge is 0.0319 e. The van der Waals surface area contributed by atoms with E-state index < -0.39 is 0 Å². The van der Waals surface area contributed by atoms with E-state index in [0.717, 1.165) is 26.1 Å². The van der Waals surface area contributed by atoms with Crippen molar-refractivity contribution in [1.82, 2.24) is 10.2 Å². The number of hydrogen-bond acceptors (Lipinski definition) is 3. The fourth-order valence-corrected chi connectivity index (χ4v) is 2.64. The number of piperazine rings is 1. The van der Waals surface area contributed by atoms with E-state index >= 15 is 0 Å². The highest BCUT2D eigenvalue weighted by Crippen LogP contribution is 2.26. The molecule has 1 saturated heterocycles. The van der Waals surface area contributed by atoms with Crippen molar-refractivity contribution in [3.63, 3.8) is 0 Å². The molecule has 0 aliphatic carbocycles. The molecule has 1 rings (SSSR count). The predicted molar refractivity (Wildman–Crippen MR) is 93.4 cm³/mol. The summed E-state index contributed by atoms with van der Waals surface area (Å²) in [4.78, 5) is 2.60. The van der Waals surface area contributed by atoms with E-state index in [1.807, 2.05) is 27.7 Å². The molecule has 0 aromatic heterocycles. The molecule has 20 heavy (non-hydrogen) atoms. The summed E-state index contributed by atoms with van der Waals surface area (Å²) in [7, 11) is 1.00. The van der Waals surface area contributed by atoms with E-state index in [2.05, 4.69) is 37.9 Å². The van der Waals surface area contributed by atoms with Crippen LogP contribution in [0, 0.1) is 11.3 Å². The van der Waals surface area contributed by atoms with Gasteiger partial charge in [-0.3, -0.25) is 0 Å². The Morgan fingerprint density at radius 1 is 1.00 bits per heavy atom. The molecule has 2 N–H and O–H groups in total. The summed E-state index contributed by atoms with van der Waals surface area (Å²) < 4.78 is 0. The lowest BCUT2D eigenvalue weighted by Crippen LogP contribution is -2.47. The van der Waals surface area contributed by atoms with Crippen LogP contribution in [-0.4, -0.2) is 49.8 Å². The summed E-state index contributed by atoms with van der Waals surface area (Å²) in [5.74, 6) is 0.813. The summed E-state index contributed by atoms with van der Waals surface area (Å²) in [6, 6.07) is 0. The van der Waals surface area contributed by atoms with Gasteiger partial charge in [-0.05, 0) is 17.8 Å². The van der Waals surface area contributed by atoms with Crippen LogP contribution in [0.5, 0.6) is 0 Å². The van der Waals surface area contributed by atoms with Gasteiger partial charge >= 0.3 is 0 Å². The third-order valence-corrected chi connectivity index (χ3v) is 2.82. The minimum absolute atomic E-state index is 0.478. The zero-order valence-electron chi connectivity index (χ0n) is 15.7. The standard InChI is InChI=1S/C12H26N2.2C2H6.CH4O/c1-11(2)9-12(3,4)10-14-7-5-13-6-8-14;3*1-2/h11,13H,5-10H2,1-4H3;2*1-2H3;2H,1H3. The molecule has 1 aliphatic heterocycles.